The maximum Gasteiger partial charge on any atom is 0.319 e. The second-order valence-electron chi connectivity index (χ2n) is 14.0. The summed E-state index contributed by atoms with van der Waals surface area (Å²) in [6.45, 7) is 3.07. The van der Waals surface area contributed by atoms with Crippen LogP contribution in [0.3, 0.4) is 0 Å². The zero-order valence-corrected chi connectivity index (χ0v) is 27.7. The lowest BCUT2D eigenvalue weighted by Crippen LogP contribution is -2.47. The number of fused-ring (bicyclic) bond motifs is 5. The van der Waals surface area contributed by atoms with E-state index in [0.717, 1.165) is 56.1 Å². The monoisotopic (exact) mass is 663 g/mol. The normalized spacial score (nSPS) is 26.3. The third kappa shape index (κ3) is 5.40. The lowest BCUT2D eigenvalue weighted by atomic mass is 9.95. The Balaban J connectivity index is 1.17. The van der Waals surface area contributed by atoms with Crippen molar-refractivity contribution in [3.05, 3.63) is 53.4 Å². The molecule has 242 valence electrons. The van der Waals surface area contributed by atoms with E-state index in [1.54, 1.807) is 6.20 Å². The maximum absolute atomic E-state index is 16.8. The van der Waals surface area contributed by atoms with Crippen LogP contribution in [0.15, 0.2) is 42.6 Å². The first-order valence-corrected chi connectivity index (χ1v) is 19.0. The minimum absolute atomic E-state index is 0.174. The number of halogens is 2. The van der Waals surface area contributed by atoms with Crippen LogP contribution < -0.4 is 9.64 Å². The van der Waals surface area contributed by atoms with Crippen molar-refractivity contribution in [2.45, 2.75) is 62.9 Å². The number of hydrogen-bond donors (Lipinski definition) is 0. The molecule has 8 rings (SSSR count). The highest BCUT2D eigenvalue weighted by molar-refractivity contribution is 7.90. The highest BCUT2D eigenvalue weighted by atomic mass is 35.5. The summed E-state index contributed by atoms with van der Waals surface area (Å²) >= 11 is 6.63. The number of sulfone groups is 1. The summed E-state index contributed by atoms with van der Waals surface area (Å²) in [5.74, 6) is 1.58. The average molecular weight is 664 g/mol. The Morgan fingerprint density at radius 1 is 1.07 bits per heavy atom. The summed E-state index contributed by atoms with van der Waals surface area (Å²) < 4.78 is 47.0. The van der Waals surface area contributed by atoms with Crippen LogP contribution in [0.4, 0.5) is 10.2 Å². The summed E-state index contributed by atoms with van der Waals surface area (Å²) in [7, 11) is -3.03. The molecule has 2 unspecified atom stereocenters. The molecule has 1 saturated carbocycles. The van der Waals surface area contributed by atoms with Crippen LogP contribution in [0.1, 0.15) is 51.4 Å². The molecule has 2 aromatic heterocycles. The van der Waals surface area contributed by atoms with Crippen LogP contribution in [-0.4, -0.2) is 78.1 Å². The summed E-state index contributed by atoms with van der Waals surface area (Å²) in [6, 6.07) is 11.7. The topological polar surface area (TPSA) is 88.5 Å². The zero-order valence-electron chi connectivity index (χ0n) is 26.1. The molecule has 11 heteroatoms. The van der Waals surface area contributed by atoms with Gasteiger partial charge in [0.25, 0.3) is 0 Å². The van der Waals surface area contributed by atoms with Crippen molar-refractivity contribution in [1.29, 1.82) is 0 Å². The Bertz CT molecular complexity index is 1930. The quantitative estimate of drug-likeness (QED) is 0.206. The van der Waals surface area contributed by atoms with Gasteiger partial charge in [-0.05, 0) is 81.2 Å². The Morgan fingerprint density at radius 2 is 1.85 bits per heavy atom. The summed E-state index contributed by atoms with van der Waals surface area (Å²) in [4.78, 5) is 19.1. The lowest BCUT2D eigenvalue weighted by molar-refractivity contribution is 0.0838. The largest absolute Gasteiger partial charge is 0.461 e. The number of piperidine rings is 1. The van der Waals surface area contributed by atoms with Crippen LogP contribution in [-0.2, 0) is 9.84 Å². The van der Waals surface area contributed by atoms with E-state index in [2.05, 4.69) is 14.8 Å². The minimum atomic E-state index is -3.03. The fourth-order valence-corrected chi connectivity index (χ4v) is 9.84. The van der Waals surface area contributed by atoms with Gasteiger partial charge < -0.3 is 9.64 Å². The SMILES string of the molecule is CS(=O)(=O)CC[C@H]1CC[C@@]2(COc3nc(N4CC5CCC(C5)C4)c4cnc(-c5cccc6cccc(Cl)c56)c(F)c4n3)CCCN12. The third-order valence-electron chi connectivity index (χ3n) is 11.0. The fourth-order valence-electron chi connectivity index (χ4n) is 8.85. The lowest BCUT2D eigenvalue weighted by Gasteiger charge is -2.35. The molecule has 0 radical (unpaired) electrons. The molecular formula is C35H39ClFN5O3S. The third-order valence-corrected chi connectivity index (χ3v) is 12.3. The van der Waals surface area contributed by atoms with Gasteiger partial charge in [0, 0.05) is 47.6 Å². The van der Waals surface area contributed by atoms with Gasteiger partial charge in [-0.25, -0.2) is 12.8 Å². The number of hydrogen-bond acceptors (Lipinski definition) is 8. The van der Waals surface area contributed by atoms with E-state index >= 15 is 4.39 Å². The zero-order chi connectivity index (χ0) is 31.6. The standard InChI is InChI=1S/C35H39ClFN5O3S/c1-46(43,44)16-12-25-11-14-35(13-4-15-42(25)35)21-45-34-39-32-27(33(40-34)41-19-22-9-10-23(17-22)20-41)18-38-31(30(32)37)26-7-2-5-24-6-3-8-28(36)29(24)26/h2-3,5-8,18,22-23,25H,4,9-17,19-21H2,1H3/t22?,23?,25-,35-/m1/s1. The van der Waals surface area contributed by atoms with Gasteiger partial charge >= 0.3 is 6.01 Å². The second kappa shape index (κ2) is 11.6. The summed E-state index contributed by atoms with van der Waals surface area (Å²) in [5, 5.41) is 2.79. The summed E-state index contributed by atoms with van der Waals surface area (Å²) in [5.41, 5.74) is 0.829. The number of aromatic nitrogens is 3. The van der Waals surface area contributed by atoms with E-state index in [4.69, 9.17) is 26.3 Å². The highest BCUT2D eigenvalue weighted by Crippen LogP contribution is 2.45. The van der Waals surface area contributed by atoms with Gasteiger partial charge in [0.2, 0.25) is 0 Å². The molecule has 2 bridgehead atoms. The van der Waals surface area contributed by atoms with Crippen LogP contribution in [0.5, 0.6) is 6.01 Å². The van der Waals surface area contributed by atoms with Crippen molar-refractivity contribution < 1.29 is 17.5 Å². The molecular weight excluding hydrogens is 625 g/mol. The second-order valence-corrected chi connectivity index (χ2v) is 16.7. The van der Waals surface area contributed by atoms with E-state index < -0.39 is 15.7 Å². The molecule has 3 aliphatic heterocycles. The molecule has 46 heavy (non-hydrogen) atoms. The van der Waals surface area contributed by atoms with Gasteiger partial charge in [-0.2, -0.15) is 9.97 Å². The fraction of sp³-hybridized carbons (Fsp3) is 0.514. The Labute approximate surface area is 274 Å². The number of ether oxygens (including phenoxy) is 1. The van der Waals surface area contributed by atoms with Crippen LogP contribution in [0, 0.1) is 17.7 Å². The predicted octanol–water partition coefficient (Wildman–Crippen LogP) is 6.68. The van der Waals surface area contributed by atoms with E-state index in [1.165, 1.54) is 25.5 Å². The minimum Gasteiger partial charge on any atom is -0.461 e. The Hall–Kier alpha value is -3.08. The van der Waals surface area contributed by atoms with Crippen LogP contribution >= 0.6 is 11.6 Å². The van der Waals surface area contributed by atoms with Crippen molar-refractivity contribution >= 4 is 48.9 Å². The maximum atomic E-state index is 16.8. The first kappa shape index (κ1) is 30.3. The molecule has 5 heterocycles. The molecule has 3 saturated heterocycles. The molecule has 1 aliphatic carbocycles. The number of anilines is 1. The van der Waals surface area contributed by atoms with Gasteiger partial charge in [-0.15, -0.1) is 0 Å². The number of rotatable bonds is 8. The smallest absolute Gasteiger partial charge is 0.319 e. The molecule has 4 atom stereocenters. The molecule has 2 aromatic carbocycles. The van der Waals surface area contributed by atoms with Crippen molar-refractivity contribution in [1.82, 2.24) is 19.9 Å². The van der Waals surface area contributed by atoms with E-state index in [-0.39, 0.29) is 34.6 Å². The molecule has 0 N–H and O–H groups in total. The van der Waals surface area contributed by atoms with Gasteiger partial charge in [0.1, 0.15) is 33.5 Å². The number of pyridine rings is 1. The van der Waals surface area contributed by atoms with Gasteiger partial charge in [-0.3, -0.25) is 9.88 Å². The van der Waals surface area contributed by atoms with E-state index in [0.29, 0.717) is 46.7 Å². The number of benzene rings is 2. The van der Waals surface area contributed by atoms with Crippen molar-refractivity contribution in [3.8, 4) is 17.3 Å². The highest BCUT2D eigenvalue weighted by Gasteiger charge is 2.49. The van der Waals surface area contributed by atoms with E-state index in [1.807, 2.05) is 36.4 Å². The molecule has 4 aromatic rings. The van der Waals surface area contributed by atoms with Gasteiger partial charge in [0.05, 0.1) is 16.7 Å². The van der Waals surface area contributed by atoms with Crippen molar-refractivity contribution in [2.24, 2.45) is 11.8 Å². The molecule has 0 amide bonds. The molecule has 8 nitrogen and oxygen atoms in total. The predicted molar refractivity (Wildman–Crippen MR) is 180 cm³/mol. The molecule has 4 fully saturated rings. The van der Waals surface area contributed by atoms with Crippen molar-refractivity contribution in [2.75, 3.05) is 43.1 Å². The average Bonchev–Trinajstić information content (AvgIpc) is 3.71. The molecule has 4 aliphatic rings. The van der Waals surface area contributed by atoms with Gasteiger partial charge in [0.15, 0.2) is 5.82 Å². The Morgan fingerprint density at radius 3 is 2.63 bits per heavy atom. The van der Waals surface area contributed by atoms with Crippen LogP contribution in [0.25, 0.3) is 32.9 Å². The Kier molecular flexibility index (Phi) is 7.61. The van der Waals surface area contributed by atoms with Crippen molar-refractivity contribution in [3.63, 3.8) is 0 Å². The number of nitrogens with zero attached hydrogens (tertiary/aromatic N) is 5. The first-order valence-electron chi connectivity index (χ1n) is 16.5. The first-order chi connectivity index (χ1) is 22.2. The van der Waals surface area contributed by atoms with Crippen LogP contribution in [0.2, 0.25) is 5.02 Å². The van der Waals surface area contributed by atoms with Gasteiger partial charge in [-0.1, -0.05) is 41.9 Å². The summed E-state index contributed by atoms with van der Waals surface area (Å²) in [6.07, 6.45) is 11.2. The molecule has 0 spiro atoms. The van der Waals surface area contributed by atoms with E-state index in [9.17, 15) is 8.42 Å².